The van der Waals surface area contributed by atoms with E-state index in [1.54, 1.807) is 12.1 Å². The van der Waals surface area contributed by atoms with Gasteiger partial charge in [0.05, 0.1) is 0 Å². The first-order chi connectivity index (χ1) is 10.8. The molecule has 0 N–H and O–H groups in total. The van der Waals surface area contributed by atoms with Crippen LogP contribution in [0.1, 0.15) is 44.6 Å². The van der Waals surface area contributed by atoms with E-state index in [0.717, 1.165) is 6.42 Å². The number of hydrogen-bond donors (Lipinski definition) is 0. The fourth-order valence-corrected chi connectivity index (χ4v) is 2.38. The lowest BCUT2D eigenvalue weighted by atomic mass is 10.1. The molecule has 0 aliphatic heterocycles. The maximum atomic E-state index is 11.9. The standard InChI is InChI=1S/C19H24N2O/c1-2-3-4-5-7-10-17-13-15-18(16-14-17)20-21(22)19-11-8-6-9-12-19/h6,8-9,11-16H,2-5,7,10H2,1H3. The summed E-state index contributed by atoms with van der Waals surface area (Å²) in [5, 5.41) is 16.0. The first-order valence-corrected chi connectivity index (χ1v) is 8.12. The van der Waals surface area contributed by atoms with Gasteiger partial charge in [-0.3, -0.25) is 0 Å². The Labute approximate surface area is 132 Å². The van der Waals surface area contributed by atoms with Crippen molar-refractivity contribution in [2.45, 2.75) is 45.4 Å². The van der Waals surface area contributed by atoms with Crippen LogP contribution in [0.5, 0.6) is 0 Å². The summed E-state index contributed by atoms with van der Waals surface area (Å²) in [7, 11) is 0. The maximum Gasteiger partial charge on any atom is 0.244 e. The van der Waals surface area contributed by atoms with Crippen LogP contribution in [-0.4, -0.2) is 4.86 Å². The summed E-state index contributed by atoms with van der Waals surface area (Å²) >= 11 is 0. The minimum absolute atomic E-state index is 0.544. The Hall–Kier alpha value is -2.16. The quantitative estimate of drug-likeness (QED) is 0.250. The van der Waals surface area contributed by atoms with Gasteiger partial charge in [0, 0.05) is 17.2 Å². The van der Waals surface area contributed by atoms with Gasteiger partial charge in [0.2, 0.25) is 5.69 Å². The SMILES string of the molecule is CCCCCCCc1ccc(N=[N+]([O-])c2ccccc2)cc1. The van der Waals surface area contributed by atoms with Gasteiger partial charge in [-0.1, -0.05) is 67.8 Å². The number of azo groups is 1. The number of unbranched alkanes of at least 4 members (excludes halogenated alkanes) is 4. The van der Waals surface area contributed by atoms with Gasteiger partial charge in [-0.2, -0.15) is 0 Å². The van der Waals surface area contributed by atoms with Crippen LogP contribution in [-0.2, 0) is 6.42 Å². The zero-order valence-corrected chi connectivity index (χ0v) is 13.2. The molecule has 0 aliphatic rings. The van der Waals surface area contributed by atoms with Crippen molar-refractivity contribution in [3.63, 3.8) is 0 Å². The predicted octanol–water partition coefficient (Wildman–Crippen LogP) is 6.13. The molecule has 0 bridgehead atoms. The number of nitrogens with zero attached hydrogens (tertiary/aromatic N) is 2. The van der Waals surface area contributed by atoms with Crippen LogP contribution in [0.2, 0.25) is 0 Å². The minimum Gasteiger partial charge on any atom is -0.594 e. The summed E-state index contributed by atoms with van der Waals surface area (Å²) in [6, 6.07) is 17.0. The summed E-state index contributed by atoms with van der Waals surface area (Å²) in [6.07, 6.45) is 7.56. The first-order valence-electron chi connectivity index (χ1n) is 8.12. The van der Waals surface area contributed by atoms with Crippen molar-refractivity contribution in [1.29, 1.82) is 0 Å². The van der Waals surface area contributed by atoms with Gasteiger partial charge in [0.15, 0.2) is 0 Å². The monoisotopic (exact) mass is 296 g/mol. The third kappa shape index (κ3) is 5.32. The van der Waals surface area contributed by atoms with Gasteiger partial charge < -0.3 is 5.21 Å². The predicted molar refractivity (Wildman–Crippen MR) is 90.7 cm³/mol. The number of aryl methyl sites for hydroxylation is 1. The third-order valence-electron chi connectivity index (χ3n) is 3.69. The van der Waals surface area contributed by atoms with Gasteiger partial charge in [0.25, 0.3) is 0 Å². The van der Waals surface area contributed by atoms with Gasteiger partial charge in [0.1, 0.15) is 5.69 Å². The maximum absolute atomic E-state index is 11.9. The molecule has 2 aromatic carbocycles. The van der Waals surface area contributed by atoms with Crippen LogP contribution in [0.25, 0.3) is 0 Å². The Morgan fingerprint density at radius 2 is 1.55 bits per heavy atom. The molecule has 0 amide bonds. The molecule has 3 nitrogen and oxygen atoms in total. The molecule has 3 heteroatoms. The zero-order valence-electron chi connectivity index (χ0n) is 13.2. The van der Waals surface area contributed by atoms with Crippen LogP contribution >= 0.6 is 0 Å². The average Bonchev–Trinajstić information content (AvgIpc) is 2.57. The van der Waals surface area contributed by atoms with Gasteiger partial charge >= 0.3 is 0 Å². The van der Waals surface area contributed by atoms with Crippen LogP contribution in [0.4, 0.5) is 11.4 Å². The molecule has 0 saturated carbocycles. The van der Waals surface area contributed by atoms with E-state index < -0.39 is 0 Å². The lowest BCUT2D eigenvalue weighted by Crippen LogP contribution is -1.90. The topological polar surface area (TPSA) is 38.4 Å². The Bertz CT molecular complexity index is 576. The second-order valence-electron chi connectivity index (χ2n) is 5.54. The van der Waals surface area contributed by atoms with E-state index in [1.165, 1.54) is 37.7 Å². The summed E-state index contributed by atoms with van der Waals surface area (Å²) in [6.45, 7) is 2.23. The Morgan fingerprint density at radius 3 is 2.23 bits per heavy atom. The van der Waals surface area contributed by atoms with E-state index in [4.69, 9.17) is 0 Å². The Morgan fingerprint density at radius 1 is 0.864 bits per heavy atom. The van der Waals surface area contributed by atoms with Crippen molar-refractivity contribution in [3.05, 3.63) is 65.4 Å². The van der Waals surface area contributed by atoms with E-state index in [9.17, 15) is 5.21 Å². The highest BCUT2D eigenvalue weighted by atomic mass is 16.5. The summed E-state index contributed by atoms with van der Waals surface area (Å²) in [4.78, 5) is 0.666. The molecular weight excluding hydrogens is 272 g/mol. The van der Waals surface area contributed by atoms with Crippen molar-refractivity contribution < 1.29 is 4.86 Å². The number of para-hydroxylation sites is 1. The van der Waals surface area contributed by atoms with Gasteiger partial charge in [-0.15, -0.1) is 0 Å². The smallest absolute Gasteiger partial charge is 0.244 e. The molecule has 0 aromatic heterocycles. The van der Waals surface area contributed by atoms with Crippen LogP contribution < -0.4 is 0 Å². The number of benzene rings is 2. The molecule has 2 rings (SSSR count). The molecule has 0 saturated heterocycles. The molecule has 0 fully saturated rings. The number of rotatable bonds is 8. The fourth-order valence-electron chi connectivity index (χ4n) is 2.38. The van der Waals surface area contributed by atoms with Gasteiger partial charge in [-0.25, -0.2) is 0 Å². The summed E-state index contributed by atoms with van der Waals surface area (Å²) in [5.74, 6) is 0. The van der Waals surface area contributed by atoms with Crippen LogP contribution in [0, 0.1) is 5.21 Å². The Balaban J connectivity index is 1.89. The molecule has 0 atom stereocenters. The highest BCUT2D eigenvalue weighted by Crippen LogP contribution is 2.18. The molecule has 0 radical (unpaired) electrons. The lowest BCUT2D eigenvalue weighted by molar-refractivity contribution is -0.435. The second-order valence-corrected chi connectivity index (χ2v) is 5.54. The largest absolute Gasteiger partial charge is 0.594 e. The molecule has 116 valence electrons. The van der Waals surface area contributed by atoms with Crippen molar-refractivity contribution in [1.82, 2.24) is 0 Å². The van der Waals surface area contributed by atoms with Crippen molar-refractivity contribution in [2.75, 3.05) is 0 Å². The van der Waals surface area contributed by atoms with Crippen LogP contribution in [0.3, 0.4) is 0 Å². The molecule has 22 heavy (non-hydrogen) atoms. The molecular formula is C19H24N2O. The van der Waals surface area contributed by atoms with E-state index in [2.05, 4.69) is 24.2 Å². The van der Waals surface area contributed by atoms with E-state index >= 15 is 0 Å². The van der Waals surface area contributed by atoms with Crippen molar-refractivity contribution >= 4 is 11.4 Å². The molecule has 0 unspecified atom stereocenters. The van der Waals surface area contributed by atoms with Crippen LogP contribution in [0.15, 0.2) is 59.7 Å². The molecule has 2 aromatic rings. The normalized spacial score (nSPS) is 11.6. The third-order valence-corrected chi connectivity index (χ3v) is 3.69. The molecule has 0 spiro atoms. The lowest BCUT2D eigenvalue weighted by Gasteiger charge is -2.02. The Kier molecular flexibility index (Phi) is 6.62. The van der Waals surface area contributed by atoms with E-state index in [1.807, 2.05) is 30.3 Å². The highest BCUT2D eigenvalue weighted by Gasteiger charge is 2.02. The minimum atomic E-state index is 0.544. The summed E-state index contributed by atoms with van der Waals surface area (Å²) < 4.78 is 0. The first kappa shape index (κ1) is 16.2. The van der Waals surface area contributed by atoms with E-state index in [0.29, 0.717) is 16.2 Å². The van der Waals surface area contributed by atoms with Gasteiger partial charge in [-0.05, 0) is 30.5 Å². The number of hydrogen-bond acceptors (Lipinski definition) is 2. The highest BCUT2D eigenvalue weighted by molar-refractivity contribution is 5.38. The zero-order chi connectivity index (χ0) is 15.6. The summed E-state index contributed by atoms with van der Waals surface area (Å²) in [5.41, 5.74) is 2.55. The second kappa shape index (κ2) is 8.98. The molecule has 0 aliphatic carbocycles. The van der Waals surface area contributed by atoms with Crippen molar-refractivity contribution in [2.24, 2.45) is 5.11 Å². The average molecular weight is 296 g/mol. The van der Waals surface area contributed by atoms with Crippen molar-refractivity contribution in [3.8, 4) is 0 Å². The van der Waals surface area contributed by atoms with E-state index in [-0.39, 0.29) is 0 Å². The molecule has 0 heterocycles. The fraction of sp³-hybridized carbons (Fsp3) is 0.368.